The summed E-state index contributed by atoms with van der Waals surface area (Å²) in [7, 11) is 0. The second-order valence-corrected chi connectivity index (χ2v) is 8.14. The van der Waals surface area contributed by atoms with E-state index in [1.807, 2.05) is 11.3 Å². The van der Waals surface area contributed by atoms with Crippen LogP contribution in [0.5, 0.6) is 0 Å². The molecule has 1 saturated heterocycles. The molecule has 2 unspecified atom stereocenters. The van der Waals surface area contributed by atoms with Crippen LogP contribution in [0.2, 0.25) is 0 Å². The molecule has 1 aliphatic heterocycles. The van der Waals surface area contributed by atoms with Crippen molar-refractivity contribution in [2.45, 2.75) is 58.5 Å². The molecular weight excluding hydrogens is 252 g/mol. The SMILES string of the molecule is CC1CCC(CN)CN1Cc1ccc(C(C)(C)C)s1. The predicted molar refractivity (Wildman–Crippen MR) is 84.7 cm³/mol. The maximum Gasteiger partial charge on any atom is 0.0330 e. The number of hydrogen-bond acceptors (Lipinski definition) is 3. The van der Waals surface area contributed by atoms with Gasteiger partial charge in [0.05, 0.1) is 0 Å². The van der Waals surface area contributed by atoms with Crippen LogP contribution in [0, 0.1) is 5.92 Å². The molecule has 2 heterocycles. The lowest BCUT2D eigenvalue weighted by atomic mass is 9.93. The molecule has 0 saturated carbocycles. The van der Waals surface area contributed by atoms with Crippen molar-refractivity contribution >= 4 is 11.3 Å². The van der Waals surface area contributed by atoms with Gasteiger partial charge in [0.25, 0.3) is 0 Å². The van der Waals surface area contributed by atoms with Crippen LogP contribution in [0.3, 0.4) is 0 Å². The number of thiophene rings is 1. The number of likely N-dealkylation sites (tertiary alicyclic amines) is 1. The lowest BCUT2D eigenvalue weighted by Crippen LogP contribution is -2.43. The maximum atomic E-state index is 5.84. The van der Waals surface area contributed by atoms with Crippen molar-refractivity contribution in [3.63, 3.8) is 0 Å². The second kappa shape index (κ2) is 5.94. The molecule has 2 atom stereocenters. The van der Waals surface area contributed by atoms with Crippen LogP contribution in [0.1, 0.15) is 50.3 Å². The van der Waals surface area contributed by atoms with Gasteiger partial charge >= 0.3 is 0 Å². The number of nitrogens with zero attached hydrogens (tertiary/aromatic N) is 1. The molecule has 2 nitrogen and oxygen atoms in total. The molecule has 0 aliphatic carbocycles. The van der Waals surface area contributed by atoms with E-state index in [2.05, 4.69) is 44.7 Å². The van der Waals surface area contributed by atoms with Crippen LogP contribution in [0.4, 0.5) is 0 Å². The number of rotatable bonds is 3. The van der Waals surface area contributed by atoms with E-state index >= 15 is 0 Å². The zero-order chi connectivity index (χ0) is 14.0. The topological polar surface area (TPSA) is 29.3 Å². The summed E-state index contributed by atoms with van der Waals surface area (Å²) in [6.07, 6.45) is 2.59. The second-order valence-electron chi connectivity index (χ2n) is 6.97. The smallest absolute Gasteiger partial charge is 0.0330 e. The Morgan fingerprint density at radius 2 is 2.05 bits per heavy atom. The summed E-state index contributed by atoms with van der Waals surface area (Å²) in [4.78, 5) is 5.59. The summed E-state index contributed by atoms with van der Waals surface area (Å²) in [6.45, 7) is 12.3. The zero-order valence-corrected chi connectivity index (χ0v) is 13.6. The fourth-order valence-electron chi connectivity index (χ4n) is 2.74. The number of piperidine rings is 1. The summed E-state index contributed by atoms with van der Waals surface area (Å²) >= 11 is 1.97. The van der Waals surface area contributed by atoms with E-state index in [9.17, 15) is 0 Å². The van der Waals surface area contributed by atoms with Gasteiger partial charge in [0.15, 0.2) is 0 Å². The molecule has 2 N–H and O–H groups in total. The predicted octanol–water partition coefficient (Wildman–Crippen LogP) is 3.60. The van der Waals surface area contributed by atoms with Crippen molar-refractivity contribution in [1.29, 1.82) is 0 Å². The Hall–Kier alpha value is -0.380. The number of nitrogens with two attached hydrogens (primary N) is 1. The third-order valence-corrected chi connectivity index (χ3v) is 5.70. The molecule has 1 aromatic rings. The van der Waals surface area contributed by atoms with E-state index in [1.54, 1.807) is 0 Å². The Labute approximate surface area is 122 Å². The third-order valence-electron chi connectivity index (χ3n) is 4.20. The van der Waals surface area contributed by atoms with E-state index in [0.717, 1.165) is 13.1 Å². The molecule has 0 spiro atoms. The molecule has 0 radical (unpaired) electrons. The minimum absolute atomic E-state index is 0.274. The standard InChI is InChI=1S/C16H28N2S/c1-12-5-6-13(9-17)10-18(12)11-14-7-8-15(19-14)16(2,3)4/h7-8,12-13H,5-6,9-11,17H2,1-4H3. The normalized spacial score (nSPS) is 25.7. The van der Waals surface area contributed by atoms with Crippen LogP contribution in [-0.2, 0) is 12.0 Å². The Kier molecular flexibility index (Phi) is 4.70. The highest BCUT2D eigenvalue weighted by atomic mass is 32.1. The van der Waals surface area contributed by atoms with Gasteiger partial charge in [-0.3, -0.25) is 4.90 Å². The third kappa shape index (κ3) is 3.80. The molecule has 19 heavy (non-hydrogen) atoms. The summed E-state index contributed by atoms with van der Waals surface area (Å²) in [5, 5.41) is 0. The summed E-state index contributed by atoms with van der Waals surface area (Å²) < 4.78 is 0. The molecule has 1 aromatic heterocycles. The first-order chi connectivity index (χ1) is 8.90. The first-order valence-corrected chi connectivity index (χ1v) is 8.25. The van der Waals surface area contributed by atoms with Gasteiger partial charge in [0, 0.05) is 28.9 Å². The van der Waals surface area contributed by atoms with Gasteiger partial charge in [-0.25, -0.2) is 0 Å². The molecule has 1 aliphatic rings. The fraction of sp³-hybridized carbons (Fsp3) is 0.750. The van der Waals surface area contributed by atoms with Crippen LogP contribution in [0.25, 0.3) is 0 Å². The van der Waals surface area contributed by atoms with Crippen LogP contribution in [-0.4, -0.2) is 24.0 Å². The Morgan fingerprint density at radius 1 is 1.32 bits per heavy atom. The molecule has 0 aromatic carbocycles. The Balaban J connectivity index is 2.01. The van der Waals surface area contributed by atoms with Crippen molar-refractivity contribution < 1.29 is 0 Å². The van der Waals surface area contributed by atoms with E-state index in [-0.39, 0.29) is 5.41 Å². The fourth-order valence-corrected chi connectivity index (χ4v) is 3.83. The first-order valence-electron chi connectivity index (χ1n) is 7.43. The average Bonchev–Trinajstić information content (AvgIpc) is 2.80. The molecule has 2 rings (SSSR count). The van der Waals surface area contributed by atoms with Gasteiger partial charge < -0.3 is 5.73 Å². The largest absolute Gasteiger partial charge is 0.330 e. The minimum Gasteiger partial charge on any atom is -0.330 e. The van der Waals surface area contributed by atoms with E-state index < -0.39 is 0 Å². The zero-order valence-electron chi connectivity index (χ0n) is 12.8. The van der Waals surface area contributed by atoms with Gasteiger partial charge in [-0.05, 0) is 49.8 Å². The van der Waals surface area contributed by atoms with Crippen molar-refractivity contribution in [3.05, 3.63) is 21.9 Å². The summed E-state index contributed by atoms with van der Waals surface area (Å²) in [5.41, 5.74) is 6.12. The van der Waals surface area contributed by atoms with Crippen LogP contribution < -0.4 is 5.73 Å². The summed E-state index contributed by atoms with van der Waals surface area (Å²) in [5.74, 6) is 0.693. The minimum atomic E-state index is 0.274. The molecule has 1 fully saturated rings. The lowest BCUT2D eigenvalue weighted by molar-refractivity contribution is 0.114. The van der Waals surface area contributed by atoms with Gasteiger partial charge in [0.2, 0.25) is 0 Å². The summed E-state index contributed by atoms with van der Waals surface area (Å²) in [6, 6.07) is 5.31. The lowest BCUT2D eigenvalue weighted by Gasteiger charge is -2.37. The van der Waals surface area contributed by atoms with Crippen molar-refractivity contribution in [3.8, 4) is 0 Å². The molecule has 3 heteroatoms. The molecule has 0 bridgehead atoms. The average molecular weight is 280 g/mol. The Bertz CT molecular complexity index is 405. The number of hydrogen-bond donors (Lipinski definition) is 1. The molecule has 0 amide bonds. The van der Waals surface area contributed by atoms with Crippen LogP contribution in [0.15, 0.2) is 12.1 Å². The monoisotopic (exact) mass is 280 g/mol. The highest BCUT2D eigenvalue weighted by Crippen LogP contribution is 2.31. The van der Waals surface area contributed by atoms with Crippen molar-refractivity contribution in [2.75, 3.05) is 13.1 Å². The molecular formula is C16H28N2S. The highest BCUT2D eigenvalue weighted by Gasteiger charge is 2.25. The van der Waals surface area contributed by atoms with Crippen LogP contribution >= 0.6 is 11.3 Å². The van der Waals surface area contributed by atoms with Crippen molar-refractivity contribution in [2.24, 2.45) is 11.7 Å². The van der Waals surface area contributed by atoms with Gasteiger partial charge in [-0.2, -0.15) is 0 Å². The maximum absolute atomic E-state index is 5.84. The van der Waals surface area contributed by atoms with Crippen molar-refractivity contribution in [1.82, 2.24) is 4.90 Å². The highest BCUT2D eigenvalue weighted by molar-refractivity contribution is 7.12. The van der Waals surface area contributed by atoms with Gasteiger partial charge in [0.1, 0.15) is 0 Å². The van der Waals surface area contributed by atoms with Gasteiger partial charge in [-0.1, -0.05) is 20.8 Å². The molecule has 108 valence electrons. The van der Waals surface area contributed by atoms with E-state index in [0.29, 0.717) is 12.0 Å². The quantitative estimate of drug-likeness (QED) is 0.916. The first kappa shape index (κ1) is 15.0. The Morgan fingerprint density at radius 3 is 2.63 bits per heavy atom. The van der Waals surface area contributed by atoms with Gasteiger partial charge in [-0.15, -0.1) is 11.3 Å². The van der Waals surface area contributed by atoms with E-state index in [1.165, 1.54) is 29.1 Å². The van der Waals surface area contributed by atoms with E-state index in [4.69, 9.17) is 5.73 Å².